The van der Waals surface area contributed by atoms with E-state index in [0.717, 1.165) is 98.5 Å². The quantitative estimate of drug-likeness (QED) is 0.151. The molecule has 318 valence electrons. The fraction of sp³-hybridized carbons (Fsp3) is 0.469. The molecule has 0 spiro atoms. The van der Waals surface area contributed by atoms with Gasteiger partial charge in [-0.25, -0.2) is 4.79 Å². The highest BCUT2D eigenvalue weighted by atomic mass is 16.4. The van der Waals surface area contributed by atoms with E-state index in [1.165, 1.54) is 11.6 Å². The molecule has 1 fully saturated rings. The van der Waals surface area contributed by atoms with E-state index < -0.39 is 5.97 Å². The van der Waals surface area contributed by atoms with Gasteiger partial charge in [0.2, 0.25) is 5.91 Å². The van der Waals surface area contributed by atoms with E-state index in [4.69, 9.17) is 0 Å². The number of carboxylic acids is 1. The maximum absolute atomic E-state index is 15.5. The van der Waals surface area contributed by atoms with E-state index in [9.17, 15) is 19.5 Å². The maximum atomic E-state index is 15.5. The van der Waals surface area contributed by atoms with Crippen molar-refractivity contribution in [2.75, 3.05) is 59.4 Å². The molecule has 4 aromatic rings. The van der Waals surface area contributed by atoms with Crippen molar-refractivity contribution in [1.82, 2.24) is 29.1 Å². The van der Waals surface area contributed by atoms with Crippen LogP contribution in [0.2, 0.25) is 0 Å². The highest BCUT2D eigenvalue weighted by molar-refractivity contribution is 6.03. The van der Waals surface area contributed by atoms with Gasteiger partial charge in [-0.1, -0.05) is 63.1 Å². The summed E-state index contributed by atoms with van der Waals surface area (Å²) in [7, 11) is 4.15. The first-order valence-corrected chi connectivity index (χ1v) is 22.0. The lowest BCUT2D eigenvalue weighted by Gasteiger charge is -2.42. The molecule has 11 heteroatoms. The van der Waals surface area contributed by atoms with Crippen LogP contribution in [0.15, 0.2) is 66.7 Å². The van der Waals surface area contributed by atoms with E-state index in [-0.39, 0.29) is 35.7 Å². The van der Waals surface area contributed by atoms with Gasteiger partial charge in [0, 0.05) is 101 Å². The molecule has 4 heterocycles. The van der Waals surface area contributed by atoms with Crippen LogP contribution in [-0.4, -0.2) is 123 Å². The number of piperazine rings is 1. The Morgan fingerprint density at radius 1 is 0.767 bits per heavy atom. The number of unbranched alkanes of at least 4 members (excludes halogenated alkanes) is 2. The van der Waals surface area contributed by atoms with Crippen molar-refractivity contribution in [3.8, 4) is 11.3 Å². The lowest BCUT2D eigenvalue weighted by atomic mass is 9.89. The molecule has 1 aromatic heterocycles. The molecule has 3 aliphatic heterocycles. The zero-order valence-corrected chi connectivity index (χ0v) is 36.2. The van der Waals surface area contributed by atoms with Crippen molar-refractivity contribution in [3.63, 3.8) is 0 Å². The number of hydrogen-bond donors (Lipinski definition) is 1. The minimum Gasteiger partial charge on any atom is -0.478 e. The molecule has 1 atom stereocenters. The number of benzene rings is 3. The number of aromatic carboxylic acids is 1. The van der Waals surface area contributed by atoms with Gasteiger partial charge in [0.05, 0.1) is 17.5 Å². The molecule has 60 heavy (non-hydrogen) atoms. The summed E-state index contributed by atoms with van der Waals surface area (Å²) in [6.45, 7) is 13.8. The summed E-state index contributed by atoms with van der Waals surface area (Å²) in [4.78, 5) is 65.9. The van der Waals surface area contributed by atoms with E-state index in [1.807, 2.05) is 42.0 Å². The molecule has 0 bridgehead atoms. The Morgan fingerprint density at radius 2 is 1.48 bits per heavy atom. The highest BCUT2D eigenvalue weighted by Crippen LogP contribution is 2.36. The van der Waals surface area contributed by atoms with Crippen LogP contribution >= 0.6 is 0 Å². The third kappa shape index (κ3) is 9.37. The van der Waals surface area contributed by atoms with Gasteiger partial charge in [0.15, 0.2) is 0 Å². The minimum absolute atomic E-state index is 0.0303. The Hall–Kier alpha value is -5.26. The molecule has 3 amide bonds. The normalized spacial score (nSPS) is 17.0. The molecule has 11 nitrogen and oxygen atoms in total. The van der Waals surface area contributed by atoms with Gasteiger partial charge < -0.3 is 29.3 Å². The van der Waals surface area contributed by atoms with Gasteiger partial charge in [0.25, 0.3) is 11.8 Å². The number of carbonyl (C=O) groups is 4. The Morgan fingerprint density at radius 3 is 2.18 bits per heavy atom. The predicted molar refractivity (Wildman–Crippen MR) is 235 cm³/mol. The van der Waals surface area contributed by atoms with Gasteiger partial charge >= 0.3 is 5.97 Å². The molecule has 0 radical (unpaired) electrons. The number of aromatic nitrogens is 1. The van der Waals surface area contributed by atoms with Crippen LogP contribution in [0.1, 0.15) is 104 Å². The maximum Gasteiger partial charge on any atom is 0.335 e. The van der Waals surface area contributed by atoms with E-state index in [0.29, 0.717) is 55.8 Å². The number of fused-ring (bicyclic) bond motifs is 2. The average molecular weight is 815 g/mol. The lowest BCUT2D eigenvalue weighted by molar-refractivity contribution is -0.131. The average Bonchev–Trinajstić information content (AvgIpc) is 3.55. The second kappa shape index (κ2) is 19.0. The molecule has 7 rings (SSSR count). The molecule has 0 unspecified atom stereocenters. The number of likely N-dealkylation sites (N-methyl/N-ethyl adjacent to an activating group) is 1. The largest absolute Gasteiger partial charge is 0.478 e. The molecule has 1 saturated heterocycles. The summed E-state index contributed by atoms with van der Waals surface area (Å²) < 4.78 is 2.07. The molecule has 1 N–H and O–H groups in total. The van der Waals surface area contributed by atoms with Crippen LogP contribution in [0.3, 0.4) is 0 Å². The summed E-state index contributed by atoms with van der Waals surface area (Å²) >= 11 is 0. The molecule has 0 saturated carbocycles. The molecule has 3 aromatic carbocycles. The Labute approximate surface area is 355 Å². The van der Waals surface area contributed by atoms with Gasteiger partial charge in [-0.05, 0) is 97.8 Å². The fourth-order valence-electron chi connectivity index (χ4n) is 9.14. The van der Waals surface area contributed by atoms with Gasteiger partial charge in [-0.15, -0.1) is 0 Å². The zero-order valence-electron chi connectivity index (χ0n) is 36.2. The van der Waals surface area contributed by atoms with Crippen LogP contribution in [0.4, 0.5) is 0 Å². The summed E-state index contributed by atoms with van der Waals surface area (Å²) in [6, 6.07) is 21.1. The van der Waals surface area contributed by atoms with Gasteiger partial charge in [-0.2, -0.15) is 0 Å². The first-order chi connectivity index (χ1) is 28.9. The second-order valence-electron chi connectivity index (χ2n) is 17.2. The summed E-state index contributed by atoms with van der Waals surface area (Å²) in [5, 5.41) is 9.52. The number of nitrogens with zero attached hydrogens (tertiary/aromatic N) is 6. The predicted octanol–water partition coefficient (Wildman–Crippen LogP) is 6.68. The monoisotopic (exact) mass is 814 g/mol. The van der Waals surface area contributed by atoms with Crippen LogP contribution in [0.25, 0.3) is 11.3 Å². The second-order valence-corrected chi connectivity index (χ2v) is 17.2. The van der Waals surface area contributed by atoms with E-state index in [1.54, 1.807) is 18.2 Å². The lowest BCUT2D eigenvalue weighted by Crippen LogP contribution is -2.53. The molecular formula is C49H62N6O5. The highest BCUT2D eigenvalue weighted by Gasteiger charge is 2.35. The van der Waals surface area contributed by atoms with Crippen LogP contribution < -0.4 is 0 Å². The van der Waals surface area contributed by atoms with Crippen molar-refractivity contribution in [2.24, 2.45) is 7.05 Å². The minimum atomic E-state index is -1.03. The standard InChI is InChI=1S/C49H62N6O5/c1-6-8-18-53(19-9-7-2)47(57)42-30-45(51(5)34(42)3)43-28-37-17-20-54(46(56)26-35-13-12-16-38(25-35)49(59)60)31-40(37)29-44(43)48(58)55-32-39-15-11-10-14-36(39)27-41(55)33-52-23-21-50(4)22-24-52/h10-16,25,28-30,41H,6-9,17-24,26-27,31-33H2,1-5H3,(H,59,60)/t41-/m0/s1. The first-order valence-electron chi connectivity index (χ1n) is 22.0. The van der Waals surface area contributed by atoms with Crippen LogP contribution in [0.5, 0.6) is 0 Å². The Bertz CT molecular complexity index is 2210. The fourth-order valence-corrected chi connectivity index (χ4v) is 9.14. The summed E-state index contributed by atoms with van der Waals surface area (Å²) in [5.74, 6) is -1.13. The number of amides is 3. The topological polar surface area (TPSA) is 110 Å². The smallest absolute Gasteiger partial charge is 0.335 e. The van der Waals surface area contributed by atoms with Crippen molar-refractivity contribution >= 4 is 23.7 Å². The number of carbonyl (C=O) groups excluding carboxylic acids is 3. The van der Waals surface area contributed by atoms with E-state index in [2.05, 4.69) is 64.4 Å². The van der Waals surface area contributed by atoms with Gasteiger partial charge in [0.1, 0.15) is 0 Å². The number of rotatable bonds is 14. The van der Waals surface area contributed by atoms with Crippen molar-refractivity contribution < 1.29 is 24.3 Å². The first kappa shape index (κ1) is 42.8. The van der Waals surface area contributed by atoms with E-state index >= 15 is 4.79 Å². The third-order valence-electron chi connectivity index (χ3n) is 13.0. The van der Waals surface area contributed by atoms with Crippen LogP contribution in [-0.2, 0) is 44.2 Å². The number of carboxylic acid groups (broad SMARTS) is 1. The molecule has 3 aliphatic rings. The van der Waals surface area contributed by atoms with Crippen molar-refractivity contribution in [3.05, 3.63) is 117 Å². The van der Waals surface area contributed by atoms with Gasteiger partial charge in [-0.3, -0.25) is 19.3 Å². The SMILES string of the molecule is CCCCN(CCCC)C(=O)c1cc(-c2cc3c(cc2C(=O)N2Cc4ccccc4C[C@H]2CN2CCN(C)CC2)CN(C(=O)Cc2cccc(C(=O)O)c2)CC3)n(C)c1C. The number of hydrogen-bond acceptors (Lipinski definition) is 6. The van der Waals surface area contributed by atoms with Crippen molar-refractivity contribution in [2.45, 2.75) is 84.8 Å². The Balaban J connectivity index is 1.27. The van der Waals surface area contributed by atoms with Crippen molar-refractivity contribution in [1.29, 1.82) is 0 Å². The summed E-state index contributed by atoms with van der Waals surface area (Å²) in [5.41, 5.74) is 9.01. The summed E-state index contributed by atoms with van der Waals surface area (Å²) in [6.07, 6.45) is 5.38. The zero-order chi connectivity index (χ0) is 42.5. The molecular weight excluding hydrogens is 753 g/mol. The molecule has 0 aliphatic carbocycles. The van der Waals surface area contributed by atoms with Crippen LogP contribution in [0, 0.1) is 6.92 Å². The Kier molecular flexibility index (Phi) is 13.6. The third-order valence-corrected chi connectivity index (χ3v) is 13.0.